The van der Waals surface area contributed by atoms with Gasteiger partial charge in [-0.25, -0.2) is 9.97 Å². The van der Waals surface area contributed by atoms with Gasteiger partial charge in [0.1, 0.15) is 23.7 Å². The van der Waals surface area contributed by atoms with E-state index in [0.29, 0.717) is 48.9 Å². The summed E-state index contributed by atoms with van der Waals surface area (Å²) < 4.78 is 6.31. The summed E-state index contributed by atoms with van der Waals surface area (Å²) in [5.74, 6) is 1.80. The number of nitrogens with zero attached hydrogens (tertiary/aromatic N) is 5. The summed E-state index contributed by atoms with van der Waals surface area (Å²) in [6.45, 7) is 5.72. The third-order valence-electron chi connectivity index (χ3n) is 7.46. The minimum absolute atomic E-state index is 0.157. The Morgan fingerprint density at radius 2 is 1.74 bits per heavy atom. The number of amides is 2. The monoisotopic (exact) mass is 534 g/mol. The molecule has 0 spiro atoms. The van der Waals surface area contributed by atoms with Crippen LogP contribution in [0.15, 0.2) is 30.7 Å². The van der Waals surface area contributed by atoms with Gasteiger partial charge in [0.05, 0.1) is 23.4 Å². The van der Waals surface area contributed by atoms with Gasteiger partial charge in [-0.15, -0.1) is 0 Å². The van der Waals surface area contributed by atoms with Crippen LogP contribution in [0, 0.1) is 0 Å². The standard InChI is InChI=1S/C28H38N8O3/c1-34-12-14-36(15-13-34)22-9-8-20-17-23(22)39-16-5-3-4-7-24(37)35(2)11-6-10-29-26-25-21(18-30-20)28(38)33-27(25)32-19-31-26/h8-9,17-19,30H,3-7,10-16H2,1-2H3,(H2,29,31,32,33,38)/b21-18-. The van der Waals surface area contributed by atoms with Gasteiger partial charge < -0.3 is 35.4 Å². The van der Waals surface area contributed by atoms with E-state index in [1.54, 1.807) is 11.1 Å². The third kappa shape index (κ3) is 6.42. The van der Waals surface area contributed by atoms with Crippen molar-refractivity contribution in [2.45, 2.75) is 32.1 Å². The second-order valence-electron chi connectivity index (χ2n) is 10.3. The fourth-order valence-corrected chi connectivity index (χ4v) is 5.06. The second-order valence-corrected chi connectivity index (χ2v) is 10.3. The van der Waals surface area contributed by atoms with E-state index >= 15 is 0 Å². The molecule has 4 heterocycles. The summed E-state index contributed by atoms with van der Waals surface area (Å²) >= 11 is 0. The Hall–Kier alpha value is -3.86. The molecule has 3 aliphatic heterocycles. The lowest BCUT2D eigenvalue weighted by Gasteiger charge is -2.35. The topological polar surface area (TPSA) is 115 Å². The van der Waals surface area contributed by atoms with Crippen LogP contribution < -0.4 is 25.6 Å². The van der Waals surface area contributed by atoms with Crippen LogP contribution in [0.5, 0.6) is 5.75 Å². The normalized spacial score (nSPS) is 21.0. The molecule has 1 saturated heterocycles. The van der Waals surface area contributed by atoms with Crippen molar-refractivity contribution < 1.29 is 14.3 Å². The molecule has 11 nitrogen and oxygen atoms in total. The van der Waals surface area contributed by atoms with Crippen molar-refractivity contribution in [2.24, 2.45) is 0 Å². The Labute approximate surface area is 229 Å². The first-order valence-corrected chi connectivity index (χ1v) is 13.8. The highest BCUT2D eigenvalue weighted by molar-refractivity contribution is 6.32. The minimum Gasteiger partial charge on any atom is -0.491 e. The van der Waals surface area contributed by atoms with Gasteiger partial charge in [-0.2, -0.15) is 0 Å². The molecule has 3 aliphatic rings. The molecule has 2 bridgehead atoms. The summed E-state index contributed by atoms with van der Waals surface area (Å²) in [5.41, 5.74) is 3.00. The van der Waals surface area contributed by atoms with Gasteiger partial charge in [0.25, 0.3) is 5.91 Å². The molecule has 1 aromatic carbocycles. The molecule has 5 rings (SSSR count). The van der Waals surface area contributed by atoms with Crippen molar-refractivity contribution in [3.8, 4) is 5.75 Å². The molecular formula is C28H38N8O3. The Balaban J connectivity index is 1.42. The van der Waals surface area contributed by atoms with E-state index in [0.717, 1.165) is 69.0 Å². The first-order valence-electron chi connectivity index (χ1n) is 13.8. The van der Waals surface area contributed by atoms with Gasteiger partial charge in [0, 0.05) is 70.7 Å². The lowest BCUT2D eigenvalue weighted by atomic mass is 10.1. The Morgan fingerprint density at radius 1 is 0.923 bits per heavy atom. The molecule has 1 fully saturated rings. The minimum atomic E-state index is -0.237. The summed E-state index contributed by atoms with van der Waals surface area (Å²) in [5, 5.41) is 9.46. The number of ether oxygens (including phenoxy) is 1. The number of anilines is 4. The number of hydrogen-bond acceptors (Lipinski definition) is 9. The Kier molecular flexibility index (Phi) is 8.45. The zero-order valence-corrected chi connectivity index (χ0v) is 22.8. The molecule has 2 aromatic rings. The molecule has 0 unspecified atom stereocenters. The molecule has 0 radical (unpaired) electrons. The van der Waals surface area contributed by atoms with E-state index in [9.17, 15) is 9.59 Å². The molecule has 2 amide bonds. The molecule has 3 N–H and O–H groups in total. The first-order chi connectivity index (χ1) is 19.0. The number of carbonyl (C=O) groups is 2. The van der Waals surface area contributed by atoms with Crippen molar-refractivity contribution in [2.75, 3.05) is 80.8 Å². The largest absolute Gasteiger partial charge is 0.491 e. The highest BCUT2D eigenvalue weighted by atomic mass is 16.5. The molecule has 0 saturated carbocycles. The van der Waals surface area contributed by atoms with E-state index in [-0.39, 0.29) is 11.8 Å². The average molecular weight is 535 g/mol. The van der Waals surface area contributed by atoms with Crippen LogP contribution in [0.1, 0.15) is 37.7 Å². The fourth-order valence-electron chi connectivity index (χ4n) is 5.06. The maximum absolute atomic E-state index is 12.8. The van der Waals surface area contributed by atoms with Gasteiger partial charge in [-0.05, 0) is 44.9 Å². The smallest absolute Gasteiger partial charge is 0.259 e. The van der Waals surface area contributed by atoms with E-state index in [4.69, 9.17) is 4.74 Å². The Bertz CT molecular complexity index is 1230. The molecule has 0 atom stereocenters. The number of benzene rings is 1. The lowest BCUT2D eigenvalue weighted by molar-refractivity contribution is -0.130. The zero-order chi connectivity index (χ0) is 27.2. The zero-order valence-electron chi connectivity index (χ0n) is 22.8. The number of hydrogen-bond donors (Lipinski definition) is 3. The highest BCUT2D eigenvalue weighted by Crippen LogP contribution is 2.36. The molecule has 0 aliphatic carbocycles. The molecular weight excluding hydrogens is 496 g/mol. The van der Waals surface area contributed by atoms with Gasteiger partial charge >= 0.3 is 0 Å². The van der Waals surface area contributed by atoms with Crippen molar-refractivity contribution >= 4 is 40.4 Å². The van der Waals surface area contributed by atoms with Crippen LogP contribution >= 0.6 is 0 Å². The quantitative estimate of drug-likeness (QED) is 0.508. The van der Waals surface area contributed by atoms with E-state index < -0.39 is 0 Å². The predicted molar refractivity (Wildman–Crippen MR) is 153 cm³/mol. The van der Waals surface area contributed by atoms with Crippen molar-refractivity contribution in [1.29, 1.82) is 0 Å². The molecule has 1 aromatic heterocycles. The van der Waals surface area contributed by atoms with Crippen molar-refractivity contribution in [3.05, 3.63) is 36.3 Å². The van der Waals surface area contributed by atoms with Gasteiger partial charge in [-0.1, -0.05) is 0 Å². The fraction of sp³-hybridized carbons (Fsp3) is 0.500. The highest BCUT2D eigenvalue weighted by Gasteiger charge is 2.29. The molecule has 208 valence electrons. The van der Waals surface area contributed by atoms with Crippen molar-refractivity contribution in [1.82, 2.24) is 19.8 Å². The first kappa shape index (κ1) is 26.7. The number of likely N-dealkylation sites (N-methyl/N-ethyl adjacent to an activating group) is 1. The van der Waals surface area contributed by atoms with Crippen LogP contribution in [-0.2, 0) is 9.59 Å². The maximum Gasteiger partial charge on any atom is 0.259 e. The van der Waals surface area contributed by atoms with E-state index in [1.165, 1.54) is 6.33 Å². The summed E-state index contributed by atoms with van der Waals surface area (Å²) in [4.78, 5) is 40.5. The van der Waals surface area contributed by atoms with E-state index in [1.807, 2.05) is 19.2 Å². The van der Waals surface area contributed by atoms with Gasteiger partial charge in [0.2, 0.25) is 5.91 Å². The summed E-state index contributed by atoms with van der Waals surface area (Å²) in [6.07, 6.45) is 7.10. The second kappa shape index (κ2) is 12.3. The maximum atomic E-state index is 12.8. The molecule has 39 heavy (non-hydrogen) atoms. The number of fused-ring (bicyclic) bond motifs is 2. The van der Waals surface area contributed by atoms with Gasteiger partial charge in [-0.3, -0.25) is 9.59 Å². The van der Waals surface area contributed by atoms with Crippen LogP contribution in [0.3, 0.4) is 0 Å². The SMILES string of the molecule is CN1CCN(c2ccc3cc2OCCCCCC(=O)N(C)CCCNc2ncnc4c2/C(=C/N3)C(=O)N4)CC1. The number of rotatable bonds is 1. The number of aromatic nitrogens is 2. The van der Waals surface area contributed by atoms with Crippen LogP contribution in [0.2, 0.25) is 0 Å². The summed E-state index contributed by atoms with van der Waals surface area (Å²) in [7, 11) is 3.99. The molecule has 11 heteroatoms. The number of nitrogens with one attached hydrogen (secondary N) is 3. The van der Waals surface area contributed by atoms with Crippen LogP contribution in [0.4, 0.5) is 23.0 Å². The van der Waals surface area contributed by atoms with Crippen LogP contribution in [0.25, 0.3) is 5.57 Å². The predicted octanol–water partition coefficient (Wildman–Crippen LogP) is 2.85. The van der Waals surface area contributed by atoms with Gasteiger partial charge in [0.15, 0.2) is 0 Å². The van der Waals surface area contributed by atoms with Crippen molar-refractivity contribution in [3.63, 3.8) is 0 Å². The number of carbonyl (C=O) groups excluding carboxylic acids is 2. The van der Waals surface area contributed by atoms with E-state index in [2.05, 4.69) is 48.8 Å². The Morgan fingerprint density at radius 3 is 2.59 bits per heavy atom. The third-order valence-corrected chi connectivity index (χ3v) is 7.46. The number of piperazine rings is 1. The summed E-state index contributed by atoms with van der Waals surface area (Å²) in [6, 6.07) is 6.09. The lowest BCUT2D eigenvalue weighted by Crippen LogP contribution is -2.44. The average Bonchev–Trinajstić information content (AvgIpc) is 3.27. The van der Waals surface area contributed by atoms with Crippen LogP contribution in [-0.4, -0.2) is 91.6 Å².